The van der Waals surface area contributed by atoms with Crippen molar-refractivity contribution in [3.8, 4) is 0 Å². The standard InChI is InChI=1S/C18H19ClN2O2/c1-12-3-8-16(9-13(12)2)21-18(23)11-20-17(22)10-14-4-6-15(19)7-5-14/h3-9H,10-11H2,1-2H3,(H,20,22)(H,21,23). The molecule has 2 amide bonds. The summed E-state index contributed by atoms with van der Waals surface area (Å²) < 4.78 is 0. The van der Waals surface area contributed by atoms with Gasteiger partial charge in [0.2, 0.25) is 11.8 Å². The molecule has 0 aliphatic carbocycles. The Balaban J connectivity index is 1.80. The lowest BCUT2D eigenvalue weighted by molar-refractivity contribution is -0.123. The zero-order valence-corrected chi connectivity index (χ0v) is 13.9. The van der Waals surface area contributed by atoms with Gasteiger partial charge in [0.05, 0.1) is 13.0 Å². The van der Waals surface area contributed by atoms with Gasteiger partial charge in [-0.05, 0) is 54.8 Å². The predicted molar refractivity (Wildman–Crippen MR) is 92.7 cm³/mol. The molecule has 0 unspecified atom stereocenters. The molecular weight excluding hydrogens is 312 g/mol. The lowest BCUT2D eigenvalue weighted by Gasteiger charge is -2.09. The zero-order chi connectivity index (χ0) is 16.8. The number of hydrogen-bond acceptors (Lipinski definition) is 2. The summed E-state index contributed by atoms with van der Waals surface area (Å²) in [6.45, 7) is 3.94. The van der Waals surface area contributed by atoms with Crippen LogP contribution in [0.4, 0.5) is 5.69 Å². The molecule has 2 aromatic rings. The summed E-state index contributed by atoms with van der Waals surface area (Å²) in [4.78, 5) is 23.7. The number of carbonyl (C=O) groups is 2. The largest absolute Gasteiger partial charge is 0.347 e. The van der Waals surface area contributed by atoms with E-state index in [4.69, 9.17) is 11.6 Å². The van der Waals surface area contributed by atoms with E-state index in [1.165, 1.54) is 5.56 Å². The maximum Gasteiger partial charge on any atom is 0.243 e. The number of halogens is 1. The highest BCUT2D eigenvalue weighted by atomic mass is 35.5. The fourth-order valence-electron chi connectivity index (χ4n) is 2.05. The molecule has 0 aromatic heterocycles. The van der Waals surface area contributed by atoms with Crippen LogP contribution in [0.1, 0.15) is 16.7 Å². The summed E-state index contributed by atoms with van der Waals surface area (Å²) in [5, 5.41) is 6.00. The first-order chi connectivity index (χ1) is 10.9. The molecule has 2 rings (SSSR count). The maximum atomic E-state index is 11.9. The highest BCUT2D eigenvalue weighted by Crippen LogP contribution is 2.14. The van der Waals surface area contributed by atoms with Crippen LogP contribution in [0, 0.1) is 13.8 Å². The average molecular weight is 331 g/mol. The number of nitrogens with one attached hydrogen (secondary N) is 2. The zero-order valence-electron chi connectivity index (χ0n) is 13.2. The molecule has 0 aliphatic heterocycles. The van der Waals surface area contributed by atoms with Gasteiger partial charge in [-0.2, -0.15) is 0 Å². The van der Waals surface area contributed by atoms with E-state index in [0.29, 0.717) is 5.02 Å². The molecule has 2 aromatic carbocycles. The molecule has 0 saturated heterocycles. The number of hydrogen-bond donors (Lipinski definition) is 2. The topological polar surface area (TPSA) is 58.2 Å². The molecule has 2 N–H and O–H groups in total. The number of rotatable bonds is 5. The molecule has 23 heavy (non-hydrogen) atoms. The summed E-state index contributed by atoms with van der Waals surface area (Å²) in [5.41, 5.74) is 3.85. The van der Waals surface area contributed by atoms with E-state index in [-0.39, 0.29) is 24.8 Å². The van der Waals surface area contributed by atoms with Gasteiger partial charge in [0.1, 0.15) is 0 Å². The Morgan fingerprint density at radius 2 is 1.65 bits per heavy atom. The van der Waals surface area contributed by atoms with Crippen molar-refractivity contribution < 1.29 is 9.59 Å². The van der Waals surface area contributed by atoms with Crippen LogP contribution in [0.5, 0.6) is 0 Å². The molecule has 0 fully saturated rings. The number of anilines is 1. The van der Waals surface area contributed by atoms with Gasteiger partial charge in [0.15, 0.2) is 0 Å². The molecule has 5 heteroatoms. The van der Waals surface area contributed by atoms with Gasteiger partial charge in [-0.1, -0.05) is 29.8 Å². The molecule has 0 spiro atoms. The van der Waals surface area contributed by atoms with E-state index in [2.05, 4.69) is 10.6 Å². The van der Waals surface area contributed by atoms with E-state index >= 15 is 0 Å². The first kappa shape index (κ1) is 17.0. The molecular formula is C18H19ClN2O2. The summed E-state index contributed by atoms with van der Waals surface area (Å²) in [6, 6.07) is 12.7. The van der Waals surface area contributed by atoms with E-state index in [1.54, 1.807) is 24.3 Å². The second-order valence-corrected chi connectivity index (χ2v) is 5.86. The first-order valence-electron chi connectivity index (χ1n) is 7.32. The maximum absolute atomic E-state index is 11.9. The molecule has 4 nitrogen and oxygen atoms in total. The number of aryl methyl sites for hydroxylation is 2. The van der Waals surface area contributed by atoms with E-state index in [1.807, 2.05) is 32.0 Å². The van der Waals surface area contributed by atoms with Gasteiger partial charge < -0.3 is 10.6 Å². The normalized spacial score (nSPS) is 10.2. The molecule has 0 heterocycles. The molecule has 0 bridgehead atoms. The predicted octanol–water partition coefficient (Wildman–Crippen LogP) is 3.25. The average Bonchev–Trinajstić information content (AvgIpc) is 2.51. The second-order valence-electron chi connectivity index (χ2n) is 5.43. The van der Waals surface area contributed by atoms with Crippen molar-refractivity contribution in [2.45, 2.75) is 20.3 Å². The van der Waals surface area contributed by atoms with E-state index < -0.39 is 0 Å². The van der Waals surface area contributed by atoms with Gasteiger partial charge in [0.25, 0.3) is 0 Å². The van der Waals surface area contributed by atoms with Crippen LogP contribution in [-0.2, 0) is 16.0 Å². The molecule has 0 atom stereocenters. The fourth-order valence-corrected chi connectivity index (χ4v) is 2.18. The van der Waals surface area contributed by atoms with Crippen LogP contribution < -0.4 is 10.6 Å². The monoisotopic (exact) mass is 330 g/mol. The Morgan fingerprint density at radius 3 is 2.30 bits per heavy atom. The third-order valence-electron chi connectivity index (χ3n) is 3.51. The quantitative estimate of drug-likeness (QED) is 0.884. The van der Waals surface area contributed by atoms with Crippen molar-refractivity contribution in [2.75, 3.05) is 11.9 Å². The highest BCUT2D eigenvalue weighted by molar-refractivity contribution is 6.30. The minimum atomic E-state index is -0.252. The molecule has 120 valence electrons. The first-order valence-corrected chi connectivity index (χ1v) is 7.70. The van der Waals surface area contributed by atoms with Crippen LogP contribution in [-0.4, -0.2) is 18.4 Å². The van der Waals surface area contributed by atoms with Crippen molar-refractivity contribution >= 4 is 29.1 Å². The third kappa shape index (κ3) is 5.42. The summed E-state index contributed by atoms with van der Waals surface area (Å²) in [7, 11) is 0. The molecule has 0 saturated carbocycles. The number of amides is 2. The van der Waals surface area contributed by atoms with Crippen molar-refractivity contribution in [1.82, 2.24) is 5.32 Å². The summed E-state index contributed by atoms with van der Waals surface area (Å²) in [6.07, 6.45) is 0.216. The van der Waals surface area contributed by atoms with E-state index in [0.717, 1.165) is 16.8 Å². The summed E-state index contributed by atoms with van der Waals surface area (Å²) in [5.74, 6) is -0.458. The summed E-state index contributed by atoms with van der Waals surface area (Å²) >= 11 is 5.80. The van der Waals surface area contributed by atoms with Crippen LogP contribution in [0.25, 0.3) is 0 Å². The second kappa shape index (κ2) is 7.79. The lowest BCUT2D eigenvalue weighted by Crippen LogP contribution is -2.33. The van der Waals surface area contributed by atoms with E-state index in [9.17, 15) is 9.59 Å². The van der Waals surface area contributed by atoms with Crippen molar-refractivity contribution in [3.05, 3.63) is 64.2 Å². The minimum Gasteiger partial charge on any atom is -0.347 e. The van der Waals surface area contributed by atoms with Gasteiger partial charge in [-0.3, -0.25) is 9.59 Å². The Hall–Kier alpha value is -2.33. The SMILES string of the molecule is Cc1ccc(NC(=O)CNC(=O)Cc2ccc(Cl)cc2)cc1C. The van der Waals surface area contributed by atoms with Crippen molar-refractivity contribution in [3.63, 3.8) is 0 Å². The highest BCUT2D eigenvalue weighted by Gasteiger charge is 2.07. The smallest absolute Gasteiger partial charge is 0.243 e. The Labute approximate surface area is 140 Å². The molecule has 0 radical (unpaired) electrons. The Kier molecular flexibility index (Phi) is 5.77. The van der Waals surface area contributed by atoms with Crippen LogP contribution in [0.15, 0.2) is 42.5 Å². The van der Waals surface area contributed by atoms with Crippen LogP contribution in [0.3, 0.4) is 0 Å². The van der Waals surface area contributed by atoms with Gasteiger partial charge in [-0.25, -0.2) is 0 Å². The van der Waals surface area contributed by atoms with Gasteiger partial charge in [0, 0.05) is 10.7 Å². The Morgan fingerprint density at radius 1 is 0.957 bits per heavy atom. The number of benzene rings is 2. The van der Waals surface area contributed by atoms with Gasteiger partial charge in [-0.15, -0.1) is 0 Å². The lowest BCUT2D eigenvalue weighted by atomic mass is 10.1. The van der Waals surface area contributed by atoms with Crippen LogP contribution in [0.2, 0.25) is 5.02 Å². The third-order valence-corrected chi connectivity index (χ3v) is 3.77. The Bertz CT molecular complexity index is 711. The van der Waals surface area contributed by atoms with Crippen molar-refractivity contribution in [1.29, 1.82) is 0 Å². The van der Waals surface area contributed by atoms with Crippen molar-refractivity contribution in [2.24, 2.45) is 0 Å². The minimum absolute atomic E-state index is 0.0562. The fraction of sp³-hybridized carbons (Fsp3) is 0.222. The number of carbonyl (C=O) groups excluding carboxylic acids is 2. The molecule has 0 aliphatic rings. The van der Waals surface area contributed by atoms with Crippen LogP contribution >= 0.6 is 11.6 Å². The van der Waals surface area contributed by atoms with Gasteiger partial charge >= 0.3 is 0 Å².